The Labute approximate surface area is 144 Å². The van der Waals surface area contributed by atoms with E-state index >= 15 is 0 Å². The maximum Gasteiger partial charge on any atom is 0.211 e. The van der Waals surface area contributed by atoms with Crippen molar-refractivity contribution in [3.63, 3.8) is 0 Å². The molecule has 2 aromatic carbocycles. The smallest absolute Gasteiger partial charge is 0.211 e. The third-order valence-corrected chi connectivity index (χ3v) is 7.08. The molecule has 0 saturated carbocycles. The molecule has 1 heterocycles. The first-order chi connectivity index (χ1) is 11.3. The van der Waals surface area contributed by atoms with Gasteiger partial charge in [0.05, 0.1) is 6.26 Å². The highest BCUT2D eigenvalue weighted by molar-refractivity contribution is 7.88. The molecular weight excluding hydrogens is 318 g/mol. The Bertz CT molecular complexity index is 919. The van der Waals surface area contributed by atoms with Crippen molar-refractivity contribution in [1.29, 1.82) is 0 Å². The molecule has 0 unspecified atom stereocenters. The summed E-state index contributed by atoms with van der Waals surface area (Å²) in [6, 6.07) is 14.9. The van der Waals surface area contributed by atoms with Gasteiger partial charge in [-0.25, -0.2) is 8.42 Å². The second-order valence-electron chi connectivity index (χ2n) is 7.38. The van der Waals surface area contributed by atoms with Crippen LogP contribution in [0.5, 0.6) is 0 Å². The van der Waals surface area contributed by atoms with Crippen molar-refractivity contribution in [1.82, 2.24) is 4.31 Å². The minimum atomic E-state index is -3.21. The van der Waals surface area contributed by atoms with Crippen LogP contribution in [0.3, 0.4) is 0 Å². The van der Waals surface area contributed by atoms with E-state index in [9.17, 15) is 8.42 Å². The molecule has 3 nitrogen and oxygen atoms in total. The van der Waals surface area contributed by atoms with Gasteiger partial charge in [-0.2, -0.15) is 4.31 Å². The largest absolute Gasteiger partial charge is 0.212 e. The molecule has 1 aliphatic carbocycles. The van der Waals surface area contributed by atoms with Crippen molar-refractivity contribution in [3.05, 3.63) is 70.3 Å². The zero-order valence-corrected chi connectivity index (χ0v) is 15.2. The topological polar surface area (TPSA) is 37.4 Å². The molecule has 0 amide bonds. The van der Waals surface area contributed by atoms with Crippen molar-refractivity contribution >= 4 is 10.0 Å². The zero-order valence-electron chi connectivity index (χ0n) is 14.4. The molecule has 126 valence electrons. The number of hydrogen-bond donors (Lipinski definition) is 0. The average Bonchev–Trinajstić information content (AvgIpc) is 2.82. The van der Waals surface area contributed by atoms with Crippen molar-refractivity contribution in [2.45, 2.75) is 38.1 Å². The molecule has 0 radical (unpaired) electrons. The fraction of sp³-hybridized carbons (Fsp3) is 0.400. The Morgan fingerprint density at radius 3 is 2.46 bits per heavy atom. The molecule has 24 heavy (non-hydrogen) atoms. The number of benzene rings is 2. The van der Waals surface area contributed by atoms with E-state index in [1.54, 1.807) is 4.31 Å². The Balaban J connectivity index is 2.01. The quantitative estimate of drug-likeness (QED) is 0.841. The van der Waals surface area contributed by atoms with E-state index in [1.807, 2.05) is 0 Å². The number of nitrogens with zero attached hydrogens (tertiary/aromatic N) is 1. The van der Waals surface area contributed by atoms with E-state index in [0.717, 1.165) is 12.8 Å². The van der Waals surface area contributed by atoms with Gasteiger partial charge in [0.2, 0.25) is 10.0 Å². The van der Waals surface area contributed by atoms with Gasteiger partial charge in [-0.3, -0.25) is 0 Å². The first-order valence-electron chi connectivity index (χ1n) is 8.45. The van der Waals surface area contributed by atoms with Gasteiger partial charge in [-0.1, -0.05) is 42.5 Å². The van der Waals surface area contributed by atoms with Gasteiger partial charge in [-0.05, 0) is 54.5 Å². The standard InChI is InChI=1S/C20H23NO2S/c1-14-7-4-5-10-18(14)20-12-17(21(13-20)24(3,22)23)11-16-9-6-8-15(2)19(16)20/h4-10,17H,11-13H2,1-3H3/t17-,20+/m1/s1. The third kappa shape index (κ3) is 2.16. The summed E-state index contributed by atoms with van der Waals surface area (Å²) >= 11 is 0. The molecule has 2 bridgehead atoms. The van der Waals surface area contributed by atoms with E-state index in [-0.39, 0.29) is 11.5 Å². The van der Waals surface area contributed by atoms with Crippen molar-refractivity contribution in [2.24, 2.45) is 0 Å². The number of sulfonamides is 1. The number of hydrogen-bond acceptors (Lipinski definition) is 2. The summed E-state index contributed by atoms with van der Waals surface area (Å²) < 4.78 is 26.5. The normalized spacial score (nSPS) is 26.4. The van der Waals surface area contributed by atoms with Crippen LogP contribution in [-0.4, -0.2) is 31.6 Å². The molecule has 2 aliphatic rings. The van der Waals surface area contributed by atoms with Gasteiger partial charge in [0.25, 0.3) is 0 Å². The zero-order chi connectivity index (χ0) is 17.1. The molecule has 1 saturated heterocycles. The highest BCUT2D eigenvalue weighted by atomic mass is 32.2. The molecule has 1 aliphatic heterocycles. The van der Waals surface area contributed by atoms with Crippen LogP contribution in [0.15, 0.2) is 42.5 Å². The van der Waals surface area contributed by atoms with E-state index in [0.29, 0.717) is 6.54 Å². The predicted molar refractivity (Wildman–Crippen MR) is 96.8 cm³/mol. The fourth-order valence-corrected chi connectivity index (χ4v) is 6.13. The SMILES string of the molecule is Cc1ccccc1[C@@]12C[C@@H](Cc3cccc(C)c31)N(S(C)(=O)=O)C2. The number of rotatable bonds is 2. The van der Waals surface area contributed by atoms with Crippen LogP contribution in [-0.2, 0) is 21.9 Å². The predicted octanol–water partition coefficient (Wildman–Crippen LogP) is 3.18. The van der Waals surface area contributed by atoms with Gasteiger partial charge >= 0.3 is 0 Å². The lowest BCUT2D eigenvalue weighted by Crippen LogP contribution is -2.36. The summed E-state index contributed by atoms with van der Waals surface area (Å²) in [5.41, 5.74) is 6.21. The Morgan fingerprint density at radius 1 is 1.04 bits per heavy atom. The molecule has 0 spiro atoms. The van der Waals surface area contributed by atoms with Gasteiger partial charge in [-0.15, -0.1) is 0 Å². The lowest BCUT2D eigenvalue weighted by Gasteiger charge is -2.37. The average molecular weight is 341 g/mol. The molecule has 0 N–H and O–H groups in total. The van der Waals surface area contributed by atoms with E-state index < -0.39 is 10.0 Å². The minimum absolute atomic E-state index is 0.0638. The summed E-state index contributed by atoms with van der Waals surface area (Å²) in [6.07, 6.45) is 3.04. The van der Waals surface area contributed by atoms with Gasteiger partial charge in [0, 0.05) is 18.0 Å². The first kappa shape index (κ1) is 15.9. The van der Waals surface area contributed by atoms with Crippen molar-refractivity contribution in [2.75, 3.05) is 12.8 Å². The van der Waals surface area contributed by atoms with Crippen LogP contribution in [0, 0.1) is 13.8 Å². The second kappa shape index (κ2) is 5.17. The highest BCUT2D eigenvalue weighted by Crippen LogP contribution is 2.51. The van der Waals surface area contributed by atoms with Gasteiger partial charge < -0.3 is 0 Å². The maximum atomic E-state index is 12.4. The van der Waals surface area contributed by atoms with Gasteiger partial charge in [0.1, 0.15) is 0 Å². The first-order valence-corrected chi connectivity index (χ1v) is 10.3. The summed E-state index contributed by atoms with van der Waals surface area (Å²) in [4.78, 5) is 0. The molecule has 4 rings (SSSR count). The molecule has 1 fully saturated rings. The Morgan fingerprint density at radius 2 is 1.75 bits per heavy atom. The van der Waals surface area contributed by atoms with E-state index in [1.165, 1.54) is 34.1 Å². The fourth-order valence-electron chi connectivity index (χ4n) is 4.98. The minimum Gasteiger partial charge on any atom is -0.212 e. The van der Waals surface area contributed by atoms with Crippen molar-refractivity contribution in [3.8, 4) is 0 Å². The van der Waals surface area contributed by atoms with E-state index in [2.05, 4.69) is 56.3 Å². The summed E-state index contributed by atoms with van der Waals surface area (Å²) in [7, 11) is -3.21. The van der Waals surface area contributed by atoms with Crippen LogP contribution < -0.4 is 0 Å². The molecule has 0 aromatic heterocycles. The summed E-state index contributed by atoms with van der Waals surface area (Å²) in [5.74, 6) is 0. The molecular formula is C20H23NO2S. The molecule has 4 heteroatoms. The van der Waals surface area contributed by atoms with Crippen molar-refractivity contribution < 1.29 is 8.42 Å². The monoisotopic (exact) mass is 341 g/mol. The van der Waals surface area contributed by atoms with Crippen LogP contribution in [0.1, 0.15) is 34.2 Å². The lowest BCUT2D eigenvalue weighted by atomic mass is 9.65. The lowest BCUT2D eigenvalue weighted by molar-refractivity contribution is 0.390. The summed E-state index contributed by atoms with van der Waals surface area (Å²) in [5, 5.41) is 0. The van der Waals surface area contributed by atoms with Crippen LogP contribution >= 0.6 is 0 Å². The Hall–Kier alpha value is -1.65. The van der Waals surface area contributed by atoms with E-state index in [4.69, 9.17) is 0 Å². The maximum absolute atomic E-state index is 12.4. The number of fused-ring (bicyclic) bond motifs is 4. The number of aryl methyl sites for hydroxylation is 2. The summed E-state index contributed by atoms with van der Waals surface area (Å²) in [6.45, 7) is 4.84. The molecule has 2 aromatic rings. The third-order valence-electron chi connectivity index (χ3n) is 5.80. The van der Waals surface area contributed by atoms with Crippen LogP contribution in [0.4, 0.5) is 0 Å². The van der Waals surface area contributed by atoms with Crippen LogP contribution in [0.2, 0.25) is 0 Å². The Kier molecular flexibility index (Phi) is 3.42. The van der Waals surface area contributed by atoms with Crippen LogP contribution in [0.25, 0.3) is 0 Å². The molecule has 2 atom stereocenters. The second-order valence-corrected chi connectivity index (χ2v) is 9.31. The highest BCUT2D eigenvalue weighted by Gasteiger charge is 2.53. The van der Waals surface area contributed by atoms with Gasteiger partial charge in [0.15, 0.2) is 0 Å².